The van der Waals surface area contributed by atoms with E-state index in [1.54, 1.807) is 12.1 Å². The Labute approximate surface area is 112 Å². The van der Waals surface area contributed by atoms with Crippen molar-refractivity contribution in [3.05, 3.63) is 35.1 Å². The highest BCUT2D eigenvalue weighted by atomic mass is 19.1. The fourth-order valence-electron chi connectivity index (χ4n) is 2.69. The Morgan fingerprint density at radius 3 is 2.74 bits per heavy atom. The van der Waals surface area contributed by atoms with Crippen LogP contribution in [0.2, 0.25) is 0 Å². The largest absolute Gasteiger partial charge is 0.396 e. The molecule has 1 aromatic carbocycles. The molecule has 0 saturated heterocycles. The van der Waals surface area contributed by atoms with E-state index >= 15 is 0 Å². The third-order valence-electron chi connectivity index (χ3n) is 3.99. The van der Waals surface area contributed by atoms with Crippen molar-refractivity contribution in [2.24, 2.45) is 5.41 Å². The molecule has 104 valence electrons. The van der Waals surface area contributed by atoms with E-state index in [0.29, 0.717) is 6.54 Å². The summed E-state index contributed by atoms with van der Waals surface area (Å²) in [5, 5.41) is 12.2. The fraction of sp³-hybridized carbons (Fsp3) is 0.533. The van der Waals surface area contributed by atoms with Crippen LogP contribution in [0.1, 0.15) is 41.6 Å². The molecule has 1 amide bonds. The lowest BCUT2D eigenvalue weighted by Crippen LogP contribution is -2.38. The summed E-state index contributed by atoms with van der Waals surface area (Å²) in [5.74, 6) is -0.909. The Balaban J connectivity index is 2.03. The molecule has 2 rings (SSSR count). The Kier molecular flexibility index (Phi) is 4.20. The lowest BCUT2D eigenvalue weighted by molar-refractivity contribution is 0.0877. The van der Waals surface area contributed by atoms with Gasteiger partial charge >= 0.3 is 0 Å². The average Bonchev–Trinajstić information content (AvgIpc) is 2.88. The average molecular weight is 265 g/mol. The third kappa shape index (κ3) is 3.13. The van der Waals surface area contributed by atoms with Gasteiger partial charge in [0.25, 0.3) is 5.91 Å². The van der Waals surface area contributed by atoms with Gasteiger partial charge in [-0.15, -0.1) is 0 Å². The predicted octanol–water partition coefficient (Wildman–Crippen LogP) is 2.42. The molecule has 3 nitrogen and oxygen atoms in total. The molecule has 0 atom stereocenters. The normalized spacial score (nSPS) is 17.4. The number of nitrogens with one attached hydrogen (secondary N) is 1. The van der Waals surface area contributed by atoms with E-state index in [2.05, 4.69) is 5.32 Å². The molecule has 0 aromatic heterocycles. The van der Waals surface area contributed by atoms with E-state index in [1.807, 2.05) is 6.92 Å². The number of carbonyl (C=O) groups is 1. The molecule has 0 spiro atoms. The Morgan fingerprint density at radius 1 is 1.42 bits per heavy atom. The smallest absolute Gasteiger partial charge is 0.254 e. The van der Waals surface area contributed by atoms with Crippen LogP contribution in [0.4, 0.5) is 4.39 Å². The zero-order valence-corrected chi connectivity index (χ0v) is 11.2. The first-order valence-corrected chi connectivity index (χ1v) is 6.72. The third-order valence-corrected chi connectivity index (χ3v) is 3.99. The standard InChI is InChI=1S/C15H20FNO2/c1-11-4-5-13(16)12(8-11)14(19)17-9-15(10-18)6-2-3-7-15/h4-5,8,18H,2-3,6-7,9-10H2,1H3,(H,17,19). The summed E-state index contributed by atoms with van der Waals surface area (Å²) in [6.07, 6.45) is 3.99. The second-order valence-corrected chi connectivity index (χ2v) is 5.53. The molecular weight excluding hydrogens is 245 g/mol. The summed E-state index contributed by atoms with van der Waals surface area (Å²) in [6.45, 7) is 2.31. The lowest BCUT2D eigenvalue weighted by Gasteiger charge is -2.26. The number of benzene rings is 1. The van der Waals surface area contributed by atoms with Gasteiger partial charge < -0.3 is 10.4 Å². The van der Waals surface area contributed by atoms with Crippen LogP contribution in [0.15, 0.2) is 18.2 Å². The van der Waals surface area contributed by atoms with Crippen molar-refractivity contribution < 1.29 is 14.3 Å². The van der Waals surface area contributed by atoms with Gasteiger partial charge in [-0.3, -0.25) is 4.79 Å². The molecule has 2 N–H and O–H groups in total. The van der Waals surface area contributed by atoms with Crippen molar-refractivity contribution >= 4 is 5.91 Å². The highest BCUT2D eigenvalue weighted by Gasteiger charge is 2.33. The summed E-state index contributed by atoms with van der Waals surface area (Å²) >= 11 is 0. The Bertz CT molecular complexity index is 467. The summed E-state index contributed by atoms with van der Waals surface area (Å²) < 4.78 is 13.6. The van der Waals surface area contributed by atoms with Crippen LogP contribution >= 0.6 is 0 Å². The molecule has 0 aliphatic heterocycles. The highest BCUT2D eigenvalue weighted by Crippen LogP contribution is 2.36. The second kappa shape index (κ2) is 5.70. The molecule has 19 heavy (non-hydrogen) atoms. The molecule has 1 aliphatic carbocycles. The zero-order chi connectivity index (χ0) is 13.9. The first kappa shape index (κ1) is 14.0. The molecule has 4 heteroatoms. The number of aryl methyl sites for hydroxylation is 1. The lowest BCUT2D eigenvalue weighted by atomic mass is 9.87. The first-order chi connectivity index (χ1) is 9.06. The maximum atomic E-state index is 13.6. The van der Waals surface area contributed by atoms with Gasteiger partial charge in [-0.25, -0.2) is 4.39 Å². The van der Waals surface area contributed by atoms with Crippen molar-refractivity contribution in [1.82, 2.24) is 5.32 Å². The van der Waals surface area contributed by atoms with Crippen LogP contribution in [-0.4, -0.2) is 24.2 Å². The van der Waals surface area contributed by atoms with Gasteiger partial charge in [0.15, 0.2) is 0 Å². The van der Waals surface area contributed by atoms with Crippen LogP contribution < -0.4 is 5.32 Å². The van der Waals surface area contributed by atoms with E-state index in [9.17, 15) is 14.3 Å². The molecule has 1 aromatic rings. The molecule has 1 saturated carbocycles. The number of amides is 1. The summed E-state index contributed by atoms with van der Waals surface area (Å²) in [4.78, 5) is 12.0. The molecule has 0 radical (unpaired) electrons. The van der Waals surface area contributed by atoms with Gasteiger partial charge in [0.1, 0.15) is 5.82 Å². The minimum atomic E-state index is -0.507. The van der Waals surface area contributed by atoms with Gasteiger partial charge in [0, 0.05) is 12.0 Å². The molecule has 0 heterocycles. The van der Waals surface area contributed by atoms with Crippen LogP contribution in [-0.2, 0) is 0 Å². The van der Waals surface area contributed by atoms with Crippen molar-refractivity contribution in [2.75, 3.05) is 13.2 Å². The van der Waals surface area contributed by atoms with Crippen molar-refractivity contribution in [2.45, 2.75) is 32.6 Å². The number of hydrogen-bond donors (Lipinski definition) is 2. The molecule has 1 aliphatic rings. The minimum Gasteiger partial charge on any atom is -0.396 e. The summed E-state index contributed by atoms with van der Waals surface area (Å²) in [5.41, 5.74) is 0.714. The number of carbonyl (C=O) groups excluding carboxylic acids is 1. The molecule has 0 unspecified atom stereocenters. The van der Waals surface area contributed by atoms with Crippen molar-refractivity contribution in [3.63, 3.8) is 0 Å². The Morgan fingerprint density at radius 2 is 2.11 bits per heavy atom. The van der Waals surface area contributed by atoms with Gasteiger partial charge in [0.05, 0.1) is 12.2 Å². The van der Waals surface area contributed by atoms with E-state index in [4.69, 9.17) is 0 Å². The number of hydrogen-bond acceptors (Lipinski definition) is 2. The fourth-order valence-corrected chi connectivity index (χ4v) is 2.69. The van der Waals surface area contributed by atoms with E-state index in [-0.39, 0.29) is 17.6 Å². The second-order valence-electron chi connectivity index (χ2n) is 5.53. The van der Waals surface area contributed by atoms with Gasteiger partial charge in [-0.05, 0) is 31.9 Å². The zero-order valence-electron chi connectivity index (χ0n) is 11.2. The maximum Gasteiger partial charge on any atom is 0.254 e. The number of aliphatic hydroxyl groups is 1. The van der Waals surface area contributed by atoms with E-state index in [0.717, 1.165) is 31.2 Å². The van der Waals surface area contributed by atoms with Crippen molar-refractivity contribution in [3.8, 4) is 0 Å². The molecular formula is C15H20FNO2. The predicted molar refractivity (Wildman–Crippen MR) is 71.5 cm³/mol. The SMILES string of the molecule is Cc1ccc(F)c(C(=O)NCC2(CO)CCCC2)c1. The van der Waals surface area contributed by atoms with E-state index < -0.39 is 11.7 Å². The van der Waals surface area contributed by atoms with Crippen LogP contribution in [0, 0.1) is 18.2 Å². The number of aliphatic hydroxyl groups excluding tert-OH is 1. The van der Waals surface area contributed by atoms with Crippen LogP contribution in [0.5, 0.6) is 0 Å². The maximum absolute atomic E-state index is 13.6. The number of rotatable bonds is 4. The topological polar surface area (TPSA) is 49.3 Å². The monoisotopic (exact) mass is 265 g/mol. The number of halogens is 1. The first-order valence-electron chi connectivity index (χ1n) is 6.72. The summed E-state index contributed by atoms with van der Waals surface area (Å²) in [6, 6.07) is 4.49. The quantitative estimate of drug-likeness (QED) is 0.878. The van der Waals surface area contributed by atoms with Crippen LogP contribution in [0.3, 0.4) is 0 Å². The van der Waals surface area contributed by atoms with E-state index in [1.165, 1.54) is 6.07 Å². The molecule has 1 fully saturated rings. The highest BCUT2D eigenvalue weighted by molar-refractivity contribution is 5.94. The van der Waals surface area contributed by atoms with Gasteiger partial charge in [0.2, 0.25) is 0 Å². The Hall–Kier alpha value is -1.42. The van der Waals surface area contributed by atoms with Gasteiger partial charge in [-0.2, -0.15) is 0 Å². The minimum absolute atomic E-state index is 0.0730. The van der Waals surface area contributed by atoms with Crippen molar-refractivity contribution in [1.29, 1.82) is 0 Å². The molecule has 0 bridgehead atoms. The van der Waals surface area contributed by atoms with Gasteiger partial charge in [-0.1, -0.05) is 24.5 Å². The van der Waals surface area contributed by atoms with Crippen LogP contribution in [0.25, 0.3) is 0 Å². The summed E-state index contributed by atoms with van der Waals surface area (Å²) in [7, 11) is 0.